The lowest BCUT2D eigenvalue weighted by Crippen LogP contribution is -2.50. The van der Waals surface area contributed by atoms with Crippen molar-refractivity contribution in [3.63, 3.8) is 0 Å². The van der Waals surface area contributed by atoms with Crippen LogP contribution in [0.4, 0.5) is 0 Å². The summed E-state index contributed by atoms with van der Waals surface area (Å²) in [5.41, 5.74) is 3.63. The Kier molecular flexibility index (Phi) is 6.43. The number of oxime groups is 1. The summed E-state index contributed by atoms with van der Waals surface area (Å²) in [4.78, 5) is 21.8. The normalized spacial score (nSPS) is 17.0. The number of carbonyl (C=O) groups excluding carboxylic acids is 1. The Balaban J connectivity index is 1.60. The van der Waals surface area contributed by atoms with Gasteiger partial charge in [-0.2, -0.15) is 0 Å². The Morgan fingerprint density at radius 3 is 2.54 bits per heavy atom. The molecule has 1 aromatic carbocycles. The molecule has 1 aliphatic rings. The highest BCUT2D eigenvalue weighted by Gasteiger charge is 2.33. The highest BCUT2D eigenvalue weighted by atomic mass is 16.6. The number of nitrogens with zero attached hydrogens (tertiary/aromatic N) is 2. The Morgan fingerprint density at radius 2 is 1.93 bits per heavy atom. The van der Waals surface area contributed by atoms with Crippen LogP contribution in [0.3, 0.4) is 0 Å². The van der Waals surface area contributed by atoms with Crippen LogP contribution < -0.4 is 5.32 Å². The minimum atomic E-state index is -1.62. The molecule has 0 saturated heterocycles. The number of amides is 1. The topological polar surface area (TPSA) is 104 Å². The third kappa shape index (κ3) is 4.96. The monoisotopic (exact) mass is 381 g/mol. The van der Waals surface area contributed by atoms with Crippen molar-refractivity contribution in [1.82, 2.24) is 10.3 Å². The summed E-state index contributed by atoms with van der Waals surface area (Å²) < 4.78 is 0. The summed E-state index contributed by atoms with van der Waals surface area (Å²) in [7, 11) is -1.62. The Bertz CT molecular complexity index is 825. The molecule has 3 rings (SSSR count). The van der Waals surface area contributed by atoms with E-state index in [9.17, 15) is 14.8 Å². The molecule has 28 heavy (non-hydrogen) atoms. The number of aromatic nitrogens is 1. The van der Waals surface area contributed by atoms with Gasteiger partial charge in [-0.05, 0) is 35.1 Å². The van der Waals surface area contributed by atoms with Gasteiger partial charge in [-0.25, -0.2) is 0 Å². The molecule has 0 radical (unpaired) electrons. The quantitative estimate of drug-likeness (QED) is 0.635. The smallest absolute Gasteiger partial charge is 0.426 e. The number of rotatable bonds is 7. The molecule has 8 heteroatoms. The number of carbonyl (C=O) groups is 1. The van der Waals surface area contributed by atoms with Crippen molar-refractivity contribution in [2.75, 3.05) is 0 Å². The highest BCUT2D eigenvalue weighted by molar-refractivity contribution is 6.43. The van der Waals surface area contributed by atoms with Gasteiger partial charge >= 0.3 is 7.12 Å². The zero-order valence-electron chi connectivity index (χ0n) is 15.9. The van der Waals surface area contributed by atoms with Crippen LogP contribution in [0, 0.1) is 5.92 Å². The van der Waals surface area contributed by atoms with Gasteiger partial charge in [-0.1, -0.05) is 49.3 Å². The van der Waals surface area contributed by atoms with Crippen LogP contribution in [0.2, 0.25) is 0 Å². The molecule has 3 N–H and O–H groups in total. The van der Waals surface area contributed by atoms with Gasteiger partial charge in [0.15, 0.2) is 0 Å². The zero-order valence-corrected chi connectivity index (χ0v) is 15.9. The van der Waals surface area contributed by atoms with Crippen LogP contribution in [0.15, 0.2) is 53.9 Å². The lowest BCUT2D eigenvalue weighted by atomic mass is 9.75. The van der Waals surface area contributed by atoms with Crippen LogP contribution >= 0.6 is 0 Å². The average molecular weight is 381 g/mol. The first-order valence-corrected chi connectivity index (χ1v) is 9.34. The van der Waals surface area contributed by atoms with E-state index in [1.165, 1.54) is 0 Å². The maximum absolute atomic E-state index is 12.4. The summed E-state index contributed by atoms with van der Waals surface area (Å²) in [6.07, 6.45) is 3.54. The summed E-state index contributed by atoms with van der Waals surface area (Å²) in [6.45, 7) is 3.90. The van der Waals surface area contributed by atoms with Crippen molar-refractivity contribution in [3.8, 4) is 11.1 Å². The van der Waals surface area contributed by atoms with E-state index in [-0.39, 0.29) is 5.92 Å². The fraction of sp³-hybridized carbons (Fsp3) is 0.350. The maximum Gasteiger partial charge on any atom is 0.475 e. The van der Waals surface area contributed by atoms with E-state index in [1.807, 2.05) is 50.2 Å². The average Bonchev–Trinajstić information content (AvgIpc) is 3.18. The first-order chi connectivity index (χ1) is 13.4. The standard InChI is InChI=1S/C20H24BN3O4/c1-13(2)10-19(21(26)27)23-20(25)18-11-17(24-28-18)15-7-5-14(6-8-15)16-4-3-9-22-12-16/h3-9,12-13,18-19,26-27H,10-11H2,1-2H3,(H,23,25)/t18?,19-/m0/s1. The van der Waals surface area contributed by atoms with Crippen molar-refractivity contribution in [1.29, 1.82) is 0 Å². The number of pyridine rings is 1. The third-order valence-corrected chi connectivity index (χ3v) is 4.59. The lowest BCUT2D eigenvalue weighted by molar-refractivity contribution is -0.131. The van der Waals surface area contributed by atoms with E-state index in [1.54, 1.807) is 12.4 Å². The van der Waals surface area contributed by atoms with Gasteiger partial charge in [-0.3, -0.25) is 9.78 Å². The van der Waals surface area contributed by atoms with E-state index >= 15 is 0 Å². The van der Waals surface area contributed by atoms with Gasteiger partial charge in [-0.15, -0.1) is 0 Å². The van der Waals surface area contributed by atoms with Gasteiger partial charge in [0.25, 0.3) is 5.91 Å². The molecule has 1 aliphatic heterocycles. The third-order valence-electron chi connectivity index (χ3n) is 4.59. The number of benzene rings is 1. The maximum atomic E-state index is 12.4. The van der Waals surface area contributed by atoms with Crippen molar-refractivity contribution in [2.24, 2.45) is 11.1 Å². The molecule has 1 unspecified atom stereocenters. The summed E-state index contributed by atoms with van der Waals surface area (Å²) in [5.74, 6) is -0.926. The second-order valence-corrected chi connectivity index (χ2v) is 7.31. The molecule has 146 valence electrons. The first kappa shape index (κ1) is 20.0. The molecule has 0 fully saturated rings. The fourth-order valence-electron chi connectivity index (χ4n) is 3.12. The van der Waals surface area contributed by atoms with E-state index < -0.39 is 25.1 Å². The predicted octanol–water partition coefficient (Wildman–Crippen LogP) is 1.78. The minimum absolute atomic E-state index is 0.210. The van der Waals surface area contributed by atoms with Crippen LogP contribution in [-0.4, -0.2) is 45.8 Å². The predicted molar refractivity (Wildman–Crippen MR) is 107 cm³/mol. The molecule has 2 heterocycles. The Hall–Kier alpha value is -2.71. The van der Waals surface area contributed by atoms with Crippen LogP contribution in [-0.2, 0) is 9.63 Å². The van der Waals surface area contributed by atoms with Crippen molar-refractivity contribution >= 4 is 18.7 Å². The van der Waals surface area contributed by atoms with Gasteiger partial charge < -0.3 is 20.2 Å². The molecule has 1 aromatic heterocycles. The second kappa shape index (κ2) is 8.99. The molecule has 0 saturated carbocycles. The molecule has 7 nitrogen and oxygen atoms in total. The lowest BCUT2D eigenvalue weighted by Gasteiger charge is -2.20. The van der Waals surface area contributed by atoms with E-state index in [4.69, 9.17) is 4.84 Å². The molecule has 0 aliphatic carbocycles. The largest absolute Gasteiger partial charge is 0.475 e. The van der Waals surface area contributed by atoms with Gasteiger partial charge in [0, 0.05) is 18.8 Å². The molecule has 1 amide bonds. The SMILES string of the molecule is CC(C)C[C@H](NC(=O)C1CC(c2ccc(-c3cccnc3)cc2)=NO1)B(O)O. The van der Waals surface area contributed by atoms with E-state index in [2.05, 4.69) is 15.5 Å². The van der Waals surface area contributed by atoms with Gasteiger partial charge in [0.1, 0.15) is 0 Å². The zero-order chi connectivity index (χ0) is 20.1. The molecule has 2 aromatic rings. The van der Waals surface area contributed by atoms with Crippen molar-refractivity contribution < 1.29 is 19.7 Å². The minimum Gasteiger partial charge on any atom is -0.426 e. The van der Waals surface area contributed by atoms with Crippen LogP contribution in [0.25, 0.3) is 11.1 Å². The van der Waals surface area contributed by atoms with Crippen LogP contribution in [0.5, 0.6) is 0 Å². The summed E-state index contributed by atoms with van der Waals surface area (Å²) >= 11 is 0. The van der Waals surface area contributed by atoms with Gasteiger partial charge in [0.05, 0.1) is 11.7 Å². The number of hydrogen-bond donors (Lipinski definition) is 3. The van der Waals surface area contributed by atoms with Gasteiger partial charge in [0.2, 0.25) is 6.10 Å². The highest BCUT2D eigenvalue weighted by Crippen LogP contribution is 2.22. The van der Waals surface area contributed by atoms with Crippen LogP contribution in [0.1, 0.15) is 32.3 Å². The van der Waals surface area contributed by atoms with E-state index in [0.29, 0.717) is 18.6 Å². The number of nitrogens with one attached hydrogen (secondary N) is 1. The summed E-state index contributed by atoms with van der Waals surface area (Å²) in [6, 6.07) is 11.7. The van der Waals surface area contributed by atoms with Crippen molar-refractivity contribution in [2.45, 2.75) is 38.7 Å². The molecular formula is C20H24BN3O4. The Morgan fingerprint density at radius 1 is 1.21 bits per heavy atom. The Labute approximate surface area is 164 Å². The molecule has 0 spiro atoms. The number of hydrogen-bond acceptors (Lipinski definition) is 6. The summed E-state index contributed by atoms with van der Waals surface area (Å²) in [5, 5.41) is 25.6. The van der Waals surface area contributed by atoms with E-state index in [0.717, 1.165) is 16.7 Å². The molecular weight excluding hydrogens is 357 g/mol. The molecule has 0 bridgehead atoms. The molecule has 2 atom stereocenters. The second-order valence-electron chi connectivity index (χ2n) is 7.31. The first-order valence-electron chi connectivity index (χ1n) is 9.34. The van der Waals surface area contributed by atoms with Crippen molar-refractivity contribution in [3.05, 3.63) is 54.4 Å². The fourth-order valence-corrected chi connectivity index (χ4v) is 3.12.